The van der Waals surface area contributed by atoms with E-state index in [0.29, 0.717) is 9.99 Å². The van der Waals surface area contributed by atoms with Crippen molar-refractivity contribution < 1.29 is 24.2 Å². The molecule has 1 N–H and O–H groups in total. The van der Waals surface area contributed by atoms with Gasteiger partial charge in [-0.15, -0.1) is 0 Å². The van der Waals surface area contributed by atoms with Crippen LogP contribution in [-0.2, 0) is 14.3 Å². The van der Waals surface area contributed by atoms with E-state index in [1.807, 2.05) is 22.6 Å². The van der Waals surface area contributed by atoms with Crippen molar-refractivity contribution >= 4 is 67.9 Å². The molecule has 0 aliphatic rings. The van der Waals surface area contributed by atoms with Gasteiger partial charge < -0.3 is 14.6 Å². The predicted molar refractivity (Wildman–Crippen MR) is 108 cm³/mol. The van der Waals surface area contributed by atoms with E-state index in [9.17, 15) is 14.7 Å². The lowest BCUT2D eigenvalue weighted by molar-refractivity contribution is -0.145. The van der Waals surface area contributed by atoms with Crippen LogP contribution in [0.5, 0.6) is 5.75 Å². The highest BCUT2D eigenvalue weighted by molar-refractivity contribution is 14.1. The number of carbonyl (C=O) groups is 2. The van der Waals surface area contributed by atoms with E-state index in [1.165, 1.54) is 0 Å². The number of hydrogen-bond acceptors (Lipinski definition) is 5. The van der Waals surface area contributed by atoms with Crippen LogP contribution >= 0.6 is 45.2 Å². The molecule has 128 valence electrons. The largest absolute Gasteiger partial charge is 0.508 e. The molecule has 0 aliphatic carbocycles. The van der Waals surface area contributed by atoms with Gasteiger partial charge in [0.1, 0.15) is 22.4 Å². The number of alkyl halides is 2. The van der Waals surface area contributed by atoms with Gasteiger partial charge in [0.05, 0.1) is 5.56 Å². The van der Waals surface area contributed by atoms with Crippen LogP contribution < -0.4 is 0 Å². The second-order valence-electron chi connectivity index (χ2n) is 5.35. The SMILES string of the molecule is CC(I)(CI)C(=O)OCCOC(=O)c1ccc2cc(O)ccc2c1. The minimum atomic E-state index is -0.577. The van der Waals surface area contributed by atoms with Crippen LogP contribution in [0.1, 0.15) is 17.3 Å². The van der Waals surface area contributed by atoms with E-state index in [4.69, 9.17) is 9.47 Å². The predicted octanol–water partition coefficient (Wildman–Crippen LogP) is 3.87. The first-order valence-corrected chi connectivity index (χ1v) is 9.76. The Labute approximate surface area is 167 Å². The summed E-state index contributed by atoms with van der Waals surface area (Å²) in [5, 5.41) is 11.1. The molecule has 0 saturated carbocycles. The molecule has 1 atom stereocenters. The van der Waals surface area contributed by atoms with Crippen LogP contribution in [0.25, 0.3) is 10.8 Å². The Kier molecular flexibility index (Phi) is 6.67. The molecule has 2 aromatic carbocycles. The van der Waals surface area contributed by atoms with Gasteiger partial charge in [-0.1, -0.05) is 57.3 Å². The molecular formula is C17H16I2O5. The summed E-state index contributed by atoms with van der Waals surface area (Å²) in [4.78, 5) is 23.8. The van der Waals surface area contributed by atoms with Gasteiger partial charge in [-0.2, -0.15) is 0 Å². The number of halogens is 2. The third-order valence-corrected chi connectivity index (χ3v) is 7.09. The molecule has 0 bridgehead atoms. The van der Waals surface area contributed by atoms with E-state index in [0.717, 1.165) is 10.8 Å². The molecule has 0 radical (unpaired) electrons. The van der Waals surface area contributed by atoms with Crippen LogP contribution in [0.4, 0.5) is 0 Å². The van der Waals surface area contributed by atoms with E-state index < -0.39 is 9.39 Å². The average molecular weight is 554 g/mol. The summed E-state index contributed by atoms with van der Waals surface area (Å²) in [6.07, 6.45) is 0. The van der Waals surface area contributed by atoms with E-state index >= 15 is 0 Å². The molecule has 5 nitrogen and oxygen atoms in total. The molecule has 0 amide bonds. The van der Waals surface area contributed by atoms with Gasteiger partial charge in [-0.3, -0.25) is 4.79 Å². The quantitative estimate of drug-likeness (QED) is 0.254. The lowest BCUT2D eigenvalue weighted by atomic mass is 10.1. The van der Waals surface area contributed by atoms with Gasteiger partial charge in [-0.05, 0) is 42.0 Å². The zero-order valence-corrected chi connectivity index (χ0v) is 17.2. The van der Waals surface area contributed by atoms with Gasteiger partial charge in [0.15, 0.2) is 0 Å². The normalized spacial score (nSPS) is 13.3. The van der Waals surface area contributed by atoms with Crippen LogP contribution in [0.2, 0.25) is 0 Å². The van der Waals surface area contributed by atoms with Gasteiger partial charge >= 0.3 is 11.9 Å². The number of phenols is 1. The van der Waals surface area contributed by atoms with Crippen molar-refractivity contribution in [2.24, 2.45) is 0 Å². The molecule has 0 saturated heterocycles. The Morgan fingerprint density at radius 1 is 1.08 bits per heavy atom. The highest BCUT2D eigenvalue weighted by Gasteiger charge is 2.30. The number of benzene rings is 2. The van der Waals surface area contributed by atoms with Crippen LogP contribution in [0, 0.1) is 0 Å². The minimum absolute atomic E-state index is 0.00611. The van der Waals surface area contributed by atoms with Crippen molar-refractivity contribution in [3.05, 3.63) is 42.0 Å². The third kappa shape index (κ3) is 4.95. The summed E-state index contributed by atoms with van der Waals surface area (Å²) in [6, 6.07) is 9.99. The smallest absolute Gasteiger partial charge is 0.338 e. The van der Waals surface area contributed by atoms with Crippen molar-refractivity contribution in [2.45, 2.75) is 10.3 Å². The number of esters is 2. The zero-order chi connectivity index (χ0) is 17.7. The van der Waals surface area contributed by atoms with Gasteiger partial charge in [0, 0.05) is 4.43 Å². The number of rotatable bonds is 6. The maximum atomic E-state index is 12.0. The van der Waals surface area contributed by atoms with Crippen molar-refractivity contribution in [3.8, 4) is 5.75 Å². The molecule has 7 heteroatoms. The Hall–Kier alpha value is -1.10. The molecule has 0 spiro atoms. The summed E-state index contributed by atoms with van der Waals surface area (Å²) < 4.78 is 10.3. The summed E-state index contributed by atoms with van der Waals surface area (Å²) in [5.74, 6) is -0.625. The van der Waals surface area contributed by atoms with Crippen molar-refractivity contribution in [3.63, 3.8) is 0 Å². The molecule has 0 fully saturated rings. The fourth-order valence-electron chi connectivity index (χ4n) is 1.92. The summed E-state index contributed by atoms with van der Waals surface area (Å²) in [5.41, 5.74) is 0.408. The van der Waals surface area contributed by atoms with Crippen molar-refractivity contribution in [1.29, 1.82) is 0 Å². The van der Waals surface area contributed by atoms with Crippen LogP contribution in [0.15, 0.2) is 36.4 Å². The molecule has 2 aromatic rings. The molecule has 2 rings (SSSR count). The second-order valence-corrected chi connectivity index (χ2v) is 8.49. The standard InChI is InChI=1S/C17H16I2O5/c1-17(19,10-18)16(22)24-7-6-23-15(21)13-3-2-12-9-14(20)5-4-11(12)8-13/h2-5,8-9,20H,6-7,10H2,1H3. The highest BCUT2D eigenvalue weighted by Crippen LogP contribution is 2.23. The second kappa shape index (κ2) is 8.32. The first kappa shape index (κ1) is 19.2. The maximum Gasteiger partial charge on any atom is 0.338 e. The molecular weight excluding hydrogens is 538 g/mol. The molecule has 0 aromatic heterocycles. The van der Waals surface area contributed by atoms with Crippen molar-refractivity contribution in [1.82, 2.24) is 0 Å². The Morgan fingerprint density at radius 2 is 1.71 bits per heavy atom. The number of carbonyl (C=O) groups excluding carboxylic acids is 2. The van der Waals surface area contributed by atoms with E-state index in [1.54, 1.807) is 43.3 Å². The minimum Gasteiger partial charge on any atom is -0.508 e. The molecule has 24 heavy (non-hydrogen) atoms. The summed E-state index contributed by atoms with van der Waals surface area (Å²) in [7, 11) is 0. The van der Waals surface area contributed by atoms with E-state index in [2.05, 4.69) is 22.6 Å². The van der Waals surface area contributed by atoms with E-state index in [-0.39, 0.29) is 24.9 Å². The summed E-state index contributed by atoms with van der Waals surface area (Å²) in [6.45, 7) is 1.83. The first-order valence-electron chi connectivity index (χ1n) is 7.15. The molecule has 0 heterocycles. The first-order chi connectivity index (χ1) is 11.3. The van der Waals surface area contributed by atoms with Crippen LogP contribution in [0.3, 0.4) is 0 Å². The number of phenolic OH excluding ortho intramolecular Hbond substituents is 1. The number of ether oxygens (including phenoxy) is 2. The third-order valence-electron chi connectivity index (χ3n) is 3.29. The highest BCUT2D eigenvalue weighted by atomic mass is 127. The monoisotopic (exact) mass is 554 g/mol. The Morgan fingerprint density at radius 3 is 2.42 bits per heavy atom. The van der Waals surface area contributed by atoms with Gasteiger partial charge in [0.25, 0.3) is 0 Å². The number of aromatic hydroxyl groups is 1. The number of fused-ring (bicyclic) bond motifs is 1. The topological polar surface area (TPSA) is 72.8 Å². The Balaban J connectivity index is 1.89. The lowest BCUT2D eigenvalue weighted by Crippen LogP contribution is -2.32. The lowest BCUT2D eigenvalue weighted by Gasteiger charge is -2.17. The fraction of sp³-hybridized carbons (Fsp3) is 0.294. The number of hydrogen-bond donors (Lipinski definition) is 1. The zero-order valence-electron chi connectivity index (χ0n) is 12.9. The average Bonchev–Trinajstić information content (AvgIpc) is 2.57. The summed E-state index contributed by atoms with van der Waals surface area (Å²) >= 11 is 4.17. The van der Waals surface area contributed by atoms with Crippen LogP contribution in [-0.4, -0.2) is 38.1 Å². The van der Waals surface area contributed by atoms with Gasteiger partial charge in [-0.25, -0.2) is 4.79 Å². The fourth-order valence-corrected chi connectivity index (χ4v) is 2.38. The maximum absolute atomic E-state index is 12.0. The van der Waals surface area contributed by atoms with Gasteiger partial charge in [0.2, 0.25) is 0 Å². The van der Waals surface area contributed by atoms with Crippen molar-refractivity contribution in [2.75, 3.05) is 17.6 Å². The Bertz CT molecular complexity index is 758. The molecule has 1 unspecified atom stereocenters. The molecule has 0 aliphatic heterocycles.